The number of nitrogens with zero attached hydrogens (tertiary/aromatic N) is 2. The van der Waals surface area contributed by atoms with Crippen molar-refractivity contribution in [3.8, 4) is 6.07 Å². The molecule has 0 fully saturated rings. The van der Waals surface area contributed by atoms with E-state index in [9.17, 15) is 8.42 Å². The molecule has 0 saturated heterocycles. The van der Waals surface area contributed by atoms with Gasteiger partial charge in [-0.3, -0.25) is 0 Å². The predicted octanol–water partition coefficient (Wildman–Crippen LogP) is 2.21. The van der Waals surface area contributed by atoms with Gasteiger partial charge in [-0.2, -0.15) is 5.26 Å². The Morgan fingerprint density at radius 2 is 1.84 bits per heavy atom. The molecular formula is C14H18N2O2S. The number of sulfone groups is 1. The second-order valence-electron chi connectivity index (χ2n) is 3.97. The third-order valence-corrected chi connectivity index (χ3v) is 4.41. The van der Waals surface area contributed by atoms with E-state index in [1.807, 2.05) is 18.7 Å². The first-order valence-electron chi connectivity index (χ1n) is 6.18. The molecule has 0 bridgehead atoms. The van der Waals surface area contributed by atoms with E-state index < -0.39 is 9.84 Å². The fourth-order valence-corrected chi connectivity index (χ4v) is 2.86. The third kappa shape index (κ3) is 4.11. The lowest BCUT2D eigenvalue weighted by Crippen LogP contribution is -2.22. The quantitative estimate of drug-likeness (QED) is 0.748. The van der Waals surface area contributed by atoms with Crippen molar-refractivity contribution in [1.29, 1.82) is 5.26 Å². The molecular weight excluding hydrogens is 260 g/mol. The van der Waals surface area contributed by atoms with Gasteiger partial charge in [-0.05, 0) is 32.1 Å². The fraction of sp³-hybridized carbons (Fsp3) is 0.357. The minimum atomic E-state index is -3.37. The van der Waals surface area contributed by atoms with Gasteiger partial charge in [-0.1, -0.05) is 18.2 Å². The van der Waals surface area contributed by atoms with Crippen molar-refractivity contribution < 1.29 is 8.42 Å². The minimum absolute atomic E-state index is 0.156. The predicted molar refractivity (Wildman–Crippen MR) is 75.1 cm³/mol. The maximum absolute atomic E-state index is 12.1. The Balaban J connectivity index is 2.94. The average molecular weight is 278 g/mol. The van der Waals surface area contributed by atoms with Gasteiger partial charge in [0.15, 0.2) is 9.84 Å². The second-order valence-corrected chi connectivity index (χ2v) is 6.00. The van der Waals surface area contributed by atoms with Crippen LogP contribution in [-0.4, -0.2) is 32.2 Å². The van der Waals surface area contributed by atoms with E-state index in [0.29, 0.717) is 18.8 Å². The molecule has 0 N–H and O–H groups in total. The molecule has 0 aliphatic heterocycles. The Bertz CT molecular complexity index is 567. The Labute approximate surface area is 114 Å². The van der Waals surface area contributed by atoms with Crippen LogP contribution in [0.2, 0.25) is 0 Å². The first-order valence-corrected chi connectivity index (χ1v) is 7.83. The first-order chi connectivity index (χ1) is 9.05. The molecule has 0 aliphatic rings. The van der Waals surface area contributed by atoms with Gasteiger partial charge >= 0.3 is 0 Å². The van der Waals surface area contributed by atoms with Crippen LogP contribution in [0, 0.1) is 11.3 Å². The molecule has 0 aromatic heterocycles. The molecule has 0 heterocycles. The summed E-state index contributed by atoms with van der Waals surface area (Å²) in [7, 11) is -3.37. The van der Waals surface area contributed by atoms with Gasteiger partial charge in [0.2, 0.25) is 0 Å². The van der Waals surface area contributed by atoms with Gasteiger partial charge in [0, 0.05) is 13.1 Å². The van der Waals surface area contributed by atoms with Crippen molar-refractivity contribution in [2.75, 3.05) is 18.8 Å². The Hall–Kier alpha value is -1.80. The number of rotatable bonds is 6. The Morgan fingerprint density at radius 3 is 2.32 bits per heavy atom. The largest absolute Gasteiger partial charge is 0.364 e. The minimum Gasteiger partial charge on any atom is -0.364 e. The lowest BCUT2D eigenvalue weighted by Gasteiger charge is -2.19. The summed E-state index contributed by atoms with van der Waals surface area (Å²) in [5, 5.41) is 9.07. The van der Waals surface area contributed by atoms with Crippen molar-refractivity contribution in [2.24, 2.45) is 0 Å². The maximum atomic E-state index is 12.1. The van der Waals surface area contributed by atoms with Gasteiger partial charge in [-0.25, -0.2) is 8.42 Å². The summed E-state index contributed by atoms with van der Waals surface area (Å²) in [4.78, 5) is 2.11. The standard InChI is InChI=1S/C14H18N2O2S/c1-3-16(4-2)13(12-15)10-11-19(17,18)14-8-6-5-7-9-14/h5-10H,3-4,11H2,1-2H3/b13-10+. The van der Waals surface area contributed by atoms with Gasteiger partial charge < -0.3 is 4.90 Å². The van der Waals surface area contributed by atoms with Gasteiger partial charge in [0.25, 0.3) is 0 Å². The van der Waals surface area contributed by atoms with Crippen LogP contribution in [0.1, 0.15) is 13.8 Å². The molecule has 0 aliphatic carbocycles. The van der Waals surface area contributed by atoms with Crippen LogP contribution in [-0.2, 0) is 9.84 Å². The number of hydrogen-bond acceptors (Lipinski definition) is 4. The van der Waals surface area contributed by atoms with Crippen LogP contribution in [0.5, 0.6) is 0 Å². The summed E-state index contributed by atoms with van der Waals surface area (Å²) < 4.78 is 24.2. The molecule has 4 nitrogen and oxygen atoms in total. The zero-order valence-electron chi connectivity index (χ0n) is 11.2. The third-order valence-electron chi connectivity index (χ3n) is 2.82. The highest BCUT2D eigenvalue weighted by molar-refractivity contribution is 7.91. The topological polar surface area (TPSA) is 61.2 Å². The average Bonchev–Trinajstić information content (AvgIpc) is 2.44. The zero-order chi connectivity index (χ0) is 14.3. The molecule has 0 unspecified atom stereocenters. The molecule has 0 amide bonds. The summed E-state index contributed by atoms with van der Waals surface area (Å²) in [6.45, 7) is 5.23. The summed E-state index contributed by atoms with van der Waals surface area (Å²) >= 11 is 0. The highest BCUT2D eigenvalue weighted by atomic mass is 32.2. The number of allylic oxidation sites excluding steroid dienone is 1. The van der Waals surface area contributed by atoms with Gasteiger partial charge in [0.1, 0.15) is 11.8 Å². The summed E-state index contributed by atoms with van der Waals surface area (Å²) in [6, 6.07) is 10.3. The van der Waals surface area contributed by atoms with Crippen LogP contribution in [0.4, 0.5) is 0 Å². The van der Waals surface area contributed by atoms with Crippen LogP contribution in [0.25, 0.3) is 0 Å². The molecule has 0 spiro atoms. The van der Waals surface area contributed by atoms with Crippen molar-refractivity contribution in [2.45, 2.75) is 18.7 Å². The Kier molecular flexibility index (Phi) is 5.58. The molecule has 0 radical (unpaired) electrons. The van der Waals surface area contributed by atoms with Gasteiger partial charge in [0.05, 0.1) is 10.6 Å². The smallest absolute Gasteiger partial charge is 0.182 e. The molecule has 0 saturated carbocycles. The first kappa shape index (κ1) is 15.3. The van der Waals surface area contributed by atoms with Crippen LogP contribution in [0.15, 0.2) is 47.0 Å². The van der Waals surface area contributed by atoms with Crippen molar-refractivity contribution >= 4 is 9.84 Å². The van der Waals surface area contributed by atoms with Crippen LogP contribution < -0.4 is 0 Å². The van der Waals surface area contributed by atoms with E-state index in [1.54, 1.807) is 30.3 Å². The van der Waals surface area contributed by atoms with E-state index in [-0.39, 0.29) is 10.6 Å². The SMILES string of the molecule is CCN(CC)/C(C#N)=C/CS(=O)(=O)c1ccccc1. The molecule has 1 aromatic carbocycles. The molecule has 5 heteroatoms. The Morgan fingerprint density at radius 1 is 1.26 bits per heavy atom. The van der Waals surface area contributed by atoms with Crippen molar-refractivity contribution in [3.05, 3.63) is 42.1 Å². The van der Waals surface area contributed by atoms with Crippen LogP contribution >= 0.6 is 0 Å². The summed E-state index contributed by atoms with van der Waals surface area (Å²) in [6.07, 6.45) is 1.48. The van der Waals surface area contributed by atoms with E-state index in [4.69, 9.17) is 5.26 Å². The van der Waals surface area contributed by atoms with E-state index in [1.165, 1.54) is 6.08 Å². The maximum Gasteiger partial charge on any atom is 0.182 e. The summed E-state index contributed by atoms with van der Waals surface area (Å²) in [5.41, 5.74) is 0.407. The monoisotopic (exact) mass is 278 g/mol. The van der Waals surface area contributed by atoms with Crippen molar-refractivity contribution in [1.82, 2.24) is 4.90 Å². The van der Waals surface area contributed by atoms with E-state index >= 15 is 0 Å². The summed E-state index contributed by atoms with van der Waals surface area (Å²) in [5.74, 6) is -0.156. The van der Waals surface area contributed by atoms with Gasteiger partial charge in [-0.15, -0.1) is 0 Å². The number of hydrogen-bond donors (Lipinski definition) is 0. The molecule has 102 valence electrons. The second kappa shape index (κ2) is 6.95. The lowest BCUT2D eigenvalue weighted by molar-refractivity contribution is 0.396. The molecule has 0 atom stereocenters. The zero-order valence-corrected chi connectivity index (χ0v) is 12.0. The van der Waals surface area contributed by atoms with Crippen LogP contribution in [0.3, 0.4) is 0 Å². The fourth-order valence-electron chi connectivity index (χ4n) is 1.72. The molecule has 19 heavy (non-hydrogen) atoms. The normalized spacial score (nSPS) is 11.9. The van der Waals surface area contributed by atoms with E-state index in [2.05, 4.69) is 6.07 Å². The number of benzene rings is 1. The van der Waals surface area contributed by atoms with E-state index in [0.717, 1.165) is 0 Å². The molecule has 1 aromatic rings. The van der Waals surface area contributed by atoms with Crippen molar-refractivity contribution in [3.63, 3.8) is 0 Å². The number of nitriles is 1. The highest BCUT2D eigenvalue weighted by Gasteiger charge is 2.13. The lowest BCUT2D eigenvalue weighted by atomic mass is 10.3. The highest BCUT2D eigenvalue weighted by Crippen LogP contribution is 2.12. The molecule has 1 rings (SSSR count).